The predicted octanol–water partition coefficient (Wildman–Crippen LogP) is 5.14. The van der Waals surface area contributed by atoms with E-state index in [0.29, 0.717) is 12.6 Å². The fourth-order valence-corrected chi connectivity index (χ4v) is 5.32. The van der Waals surface area contributed by atoms with Gasteiger partial charge in [0.25, 0.3) is 0 Å². The Labute approximate surface area is 182 Å². The summed E-state index contributed by atoms with van der Waals surface area (Å²) in [6.45, 7) is 4.54. The van der Waals surface area contributed by atoms with Crippen molar-refractivity contribution in [2.75, 3.05) is 6.54 Å². The van der Waals surface area contributed by atoms with E-state index >= 15 is 0 Å². The SMILES string of the molecule is CCNC(=O)[C@@H](C)Sc1nnc(Cc2cccc3ccccc23)n1C1CCCCC1. The van der Waals surface area contributed by atoms with Crippen molar-refractivity contribution in [3.8, 4) is 0 Å². The second kappa shape index (κ2) is 9.65. The molecule has 1 heterocycles. The third-order valence-corrected chi connectivity index (χ3v) is 6.96. The van der Waals surface area contributed by atoms with Gasteiger partial charge >= 0.3 is 0 Å². The van der Waals surface area contributed by atoms with Crippen molar-refractivity contribution in [1.82, 2.24) is 20.1 Å². The Morgan fingerprint density at radius 2 is 1.90 bits per heavy atom. The first-order valence-electron chi connectivity index (χ1n) is 11.0. The number of carbonyl (C=O) groups excluding carboxylic acids is 1. The summed E-state index contributed by atoms with van der Waals surface area (Å²) in [5, 5.41) is 15.3. The molecule has 1 aromatic heterocycles. The van der Waals surface area contributed by atoms with Crippen molar-refractivity contribution in [1.29, 1.82) is 0 Å². The molecule has 2 aromatic carbocycles. The van der Waals surface area contributed by atoms with Gasteiger partial charge in [0.05, 0.1) is 5.25 Å². The fourth-order valence-electron chi connectivity index (χ4n) is 4.36. The highest BCUT2D eigenvalue weighted by molar-refractivity contribution is 8.00. The molecule has 0 saturated heterocycles. The Kier molecular flexibility index (Phi) is 6.72. The second-order valence-electron chi connectivity index (χ2n) is 8.03. The van der Waals surface area contributed by atoms with E-state index in [0.717, 1.165) is 30.2 Å². The average Bonchev–Trinajstić information content (AvgIpc) is 3.16. The Hall–Kier alpha value is -2.34. The molecule has 158 valence electrons. The van der Waals surface area contributed by atoms with Crippen molar-refractivity contribution in [3.05, 3.63) is 53.9 Å². The topological polar surface area (TPSA) is 59.8 Å². The van der Waals surface area contributed by atoms with E-state index in [9.17, 15) is 4.79 Å². The maximum Gasteiger partial charge on any atom is 0.233 e. The molecule has 1 saturated carbocycles. The highest BCUT2D eigenvalue weighted by atomic mass is 32.2. The normalized spacial score (nSPS) is 15.9. The van der Waals surface area contributed by atoms with Crippen LogP contribution in [0.25, 0.3) is 10.8 Å². The standard InChI is InChI=1S/C24H30N4OS/c1-3-25-23(29)17(2)30-24-27-26-22(28(24)20-13-5-4-6-14-20)16-19-12-9-11-18-10-7-8-15-21(18)19/h7-12,15,17,20H,3-6,13-14,16H2,1-2H3,(H,25,29)/t17-/m1/s1. The minimum Gasteiger partial charge on any atom is -0.355 e. The first kappa shape index (κ1) is 20.9. The number of rotatable bonds is 7. The van der Waals surface area contributed by atoms with Gasteiger partial charge in [-0.3, -0.25) is 4.79 Å². The summed E-state index contributed by atoms with van der Waals surface area (Å²) in [4.78, 5) is 12.3. The Morgan fingerprint density at radius 3 is 2.70 bits per heavy atom. The average molecular weight is 423 g/mol. The lowest BCUT2D eigenvalue weighted by Gasteiger charge is -2.26. The summed E-state index contributed by atoms with van der Waals surface area (Å²) in [6.07, 6.45) is 6.85. The van der Waals surface area contributed by atoms with Crippen molar-refractivity contribution in [2.24, 2.45) is 0 Å². The quantitative estimate of drug-likeness (QED) is 0.535. The van der Waals surface area contributed by atoms with E-state index in [1.807, 2.05) is 13.8 Å². The molecule has 1 amide bonds. The van der Waals surface area contributed by atoms with Crippen LogP contribution in [0, 0.1) is 0 Å². The molecule has 1 atom stereocenters. The summed E-state index contributed by atoms with van der Waals surface area (Å²) < 4.78 is 2.33. The number of fused-ring (bicyclic) bond motifs is 1. The fraction of sp³-hybridized carbons (Fsp3) is 0.458. The molecular formula is C24H30N4OS. The van der Waals surface area contributed by atoms with Gasteiger partial charge in [0.1, 0.15) is 5.82 Å². The lowest BCUT2D eigenvalue weighted by atomic mass is 9.95. The molecule has 6 heteroatoms. The Balaban J connectivity index is 1.67. The zero-order valence-corrected chi connectivity index (χ0v) is 18.6. The maximum absolute atomic E-state index is 12.3. The van der Waals surface area contributed by atoms with Crippen LogP contribution >= 0.6 is 11.8 Å². The smallest absolute Gasteiger partial charge is 0.233 e. The van der Waals surface area contributed by atoms with Crippen LogP contribution in [0.2, 0.25) is 0 Å². The molecule has 0 radical (unpaired) electrons. The van der Waals surface area contributed by atoms with Crippen molar-refractivity contribution in [2.45, 2.75) is 68.8 Å². The second-order valence-corrected chi connectivity index (χ2v) is 9.34. The molecule has 5 nitrogen and oxygen atoms in total. The molecular weight excluding hydrogens is 392 g/mol. The molecule has 3 aromatic rings. The van der Waals surface area contributed by atoms with Crippen LogP contribution < -0.4 is 5.32 Å². The number of aromatic nitrogens is 3. The van der Waals surface area contributed by atoms with E-state index in [1.54, 1.807) is 0 Å². The number of hydrogen-bond donors (Lipinski definition) is 1. The largest absolute Gasteiger partial charge is 0.355 e. The molecule has 1 fully saturated rings. The number of amides is 1. The van der Waals surface area contributed by atoms with Crippen molar-refractivity contribution >= 4 is 28.4 Å². The van der Waals surface area contributed by atoms with Gasteiger partial charge in [-0.2, -0.15) is 0 Å². The summed E-state index contributed by atoms with van der Waals surface area (Å²) in [7, 11) is 0. The van der Waals surface area contributed by atoms with Gasteiger partial charge in [-0.05, 0) is 43.0 Å². The first-order valence-corrected chi connectivity index (χ1v) is 11.9. The van der Waals surface area contributed by atoms with Crippen LogP contribution in [0.5, 0.6) is 0 Å². The van der Waals surface area contributed by atoms with Gasteiger partial charge in [-0.25, -0.2) is 0 Å². The third-order valence-electron chi connectivity index (χ3n) is 5.91. The molecule has 1 N–H and O–H groups in total. The van der Waals surface area contributed by atoms with Crippen molar-refractivity contribution < 1.29 is 4.79 Å². The summed E-state index contributed by atoms with van der Waals surface area (Å²) >= 11 is 1.52. The zero-order chi connectivity index (χ0) is 20.9. The zero-order valence-electron chi connectivity index (χ0n) is 17.8. The number of nitrogens with one attached hydrogen (secondary N) is 1. The number of benzene rings is 2. The van der Waals surface area contributed by atoms with E-state index in [4.69, 9.17) is 0 Å². The molecule has 0 unspecified atom stereocenters. The van der Waals surface area contributed by atoms with Crippen molar-refractivity contribution in [3.63, 3.8) is 0 Å². The minimum absolute atomic E-state index is 0.0521. The minimum atomic E-state index is -0.193. The number of hydrogen-bond acceptors (Lipinski definition) is 4. The summed E-state index contributed by atoms with van der Waals surface area (Å²) in [6, 6.07) is 15.4. The van der Waals surface area contributed by atoms with Crippen LogP contribution in [-0.4, -0.2) is 32.5 Å². The van der Waals surface area contributed by atoms with Gasteiger partial charge in [0.15, 0.2) is 5.16 Å². The number of thioether (sulfide) groups is 1. The van der Waals surface area contributed by atoms with Crippen LogP contribution in [-0.2, 0) is 11.2 Å². The van der Waals surface area contributed by atoms with E-state index in [1.165, 1.54) is 47.4 Å². The molecule has 0 aliphatic heterocycles. The van der Waals surface area contributed by atoms with E-state index < -0.39 is 0 Å². The van der Waals surface area contributed by atoms with Crippen LogP contribution in [0.3, 0.4) is 0 Å². The van der Waals surface area contributed by atoms with Crippen LogP contribution in [0.4, 0.5) is 0 Å². The monoisotopic (exact) mass is 422 g/mol. The molecule has 0 spiro atoms. The van der Waals surface area contributed by atoms with E-state index in [2.05, 4.69) is 62.5 Å². The molecule has 0 bridgehead atoms. The maximum atomic E-state index is 12.3. The molecule has 1 aliphatic rings. The first-order chi connectivity index (χ1) is 14.7. The predicted molar refractivity (Wildman–Crippen MR) is 123 cm³/mol. The molecule has 30 heavy (non-hydrogen) atoms. The Bertz CT molecular complexity index is 1000. The van der Waals surface area contributed by atoms with Gasteiger partial charge in [0, 0.05) is 19.0 Å². The summed E-state index contributed by atoms with van der Waals surface area (Å²) in [5.74, 6) is 1.06. The lowest BCUT2D eigenvalue weighted by Crippen LogP contribution is -2.31. The molecule has 1 aliphatic carbocycles. The summed E-state index contributed by atoms with van der Waals surface area (Å²) in [5.41, 5.74) is 1.27. The lowest BCUT2D eigenvalue weighted by molar-refractivity contribution is -0.120. The molecule has 4 rings (SSSR count). The van der Waals surface area contributed by atoms with E-state index in [-0.39, 0.29) is 11.2 Å². The number of nitrogens with zero attached hydrogens (tertiary/aromatic N) is 3. The van der Waals surface area contributed by atoms with Gasteiger partial charge in [0.2, 0.25) is 5.91 Å². The highest BCUT2D eigenvalue weighted by Gasteiger charge is 2.26. The van der Waals surface area contributed by atoms with Crippen LogP contribution in [0.15, 0.2) is 47.6 Å². The third kappa shape index (κ3) is 4.53. The highest BCUT2D eigenvalue weighted by Crippen LogP contribution is 2.35. The van der Waals surface area contributed by atoms with Gasteiger partial charge < -0.3 is 9.88 Å². The number of carbonyl (C=O) groups is 1. The van der Waals surface area contributed by atoms with Crippen LogP contribution in [0.1, 0.15) is 63.4 Å². The Morgan fingerprint density at radius 1 is 1.13 bits per heavy atom. The van der Waals surface area contributed by atoms with Gasteiger partial charge in [-0.1, -0.05) is 73.5 Å². The van der Waals surface area contributed by atoms with Gasteiger partial charge in [-0.15, -0.1) is 10.2 Å².